The van der Waals surface area contributed by atoms with Crippen LogP contribution < -0.4 is 10.0 Å². The van der Waals surface area contributed by atoms with Crippen LogP contribution in [0.3, 0.4) is 0 Å². The van der Waals surface area contributed by atoms with E-state index in [9.17, 15) is 8.42 Å². The fraction of sp³-hybridized carbons (Fsp3) is 1.00. The summed E-state index contributed by atoms with van der Waals surface area (Å²) in [4.78, 5) is 0. The van der Waals surface area contributed by atoms with Crippen molar-refractivity contribution in [2.75, 3.05) is 33.2 Å². The standard InChI is InChI=1S/C13H29N3O2S/c1-5-13(2,3)11-15-19(17,18)16-8-6-7-12(10-16)9-14-4/h12,14-15H,5-11H2,1-4H3. The molecule has 0 bridgehead atoms. The van der Waals surface area contributed by atoms with Crippen LogP contribution in [0.5, 0.6) is 0 Å². The third kappa shape index (κ3) is 5.38. The Bertz CT molecular complexity index is 366. The lowest BCUT2D eigenvalue weighted by Gasteiger charge is -2.33. The molecule has 0 radical (unpaired) electrons. The van der Waals surface area contributed by atoms with Crippen LogP contribution in [0.2, 0.25) is 0 Å². The van der Waals surface area contributed by atoms with Crippen molar-refractivity contribution in [1.82, 2.24) is 14.3 Å². The smallest absolute Gasteiger partial charge is 0.279 e. The predicted molar refractivity (Wildman–Crippen MR) is 79.2 cm³/mol. The molecule has 0 aromatic rings. The Morgan fingerprint density at radius 2 is 2.05 bits per heavy atom. The maximum atomic E-state index is 12.3. The Balaban J connectivity index is 2.57. The maximum absolute atomic E-state index is 12.3. The van der Waals surface area contributed by atoms with Crippen LogP contribution in [-0.4, -0.2) is 45.9 Å². The van der Waals surface area contributed by atoms with E-state index in [2.05, 4.69) is 30.8 Å². The van der Waals surface area contributed by atoms with Crippen molar-refractivity contribution in [2.45, 2.75) is 40.0 Å². The molecule has 1 rings (SSSR count). The van der Waals surface area contributed by atoms with Crippen LogP contribution in [-0.2, 0) is 10.2 Å². The first-order valence-electron chi connectivity index (χ1n) is 7.20. The predicted octanol–water partition coefficient (Wildman–Crippen LogP) is 1.19. The van der Waals surface area contributed by atoms with Gasteiger partial charge in [-0.2, -0.15) is 12.7 Å². The summed E-state index contributed by atoms with van der Waals surface area (Å²) >= 11 is 0. The summed E-state index contributed by atoms with van der Waals surface area (Å²) in [7, 11) is -1.41. The van der Waals surface area contributed by atoms with Crippen molar-refractivity contribution in [3.05, 3.63) is 0 Å². The first-order valence-corrected chi connectivity index (χ1v) is 8.64. The topological polar surface area (TPSA) is 61.4 Å². The SMILES string of the molecule is CCC(C)(C)CNS(=O)(=O)N1CCCC(CNC)C1. The van der Waals surface area contributed by atoms with Gasteiger partial charge in [-0.1, -0.05) is 20.8 Å². The van der Waals surface area contributed by atoms with Gasteiger partial charge in [-0.05, 0) is 44.2 Å². The largest absolute Gasteiger partial charge is 0.319 e. The molecule has 114 valence electrons. The average Bonchev–Trinajstić information content (AvgIpc) is 2.38. The zero-order chi connectivity index (χ0) is 14.5. The van der Waals surface area contributed by atoms with E-state index in [-0.39, 0.29) is 5.41 Å². The molecule has 0 aromatic carbocycles. The van der Waals surface area contributed by atoms with Gasteiger partial charge in [-0.25, -0.2) is 4.72 Å². The molecule has 0 aliphatic carbocycles. The Labute approximate surface area is 118 Å². The maximum Gasteiger partial charge on any atom is 0.279 e. The van der Waals surface area contributed by atoms with E-state index < -0.39 is 10.2 Å². The summed E-state index contributed by atoms with van der Waals surface area (Å²) in [5.41, 5.74) is 0.00717. The van der Waals surface area contributed by atoms with Crippen LogP contribution in [0, 0.1) is 11.3 Å². The molecule has 2 N–H and O–H groups in total. The molecule has 0 saturated carbocycles. The van der Waals surface area contributed by atoms with E-state index >= 15 is 0 Å². The zero-order valence-corrected chi connectivity index (χ0v) is 13.5. The summed E-state index contributed by atoms with van der Waals surface area (Å²) < 4.78 is 28.9. The Morgan fingerprint density at radius 1 is 1.37 bits per heavy atom. The van der Waals surface area contributed by atoms with Crippen LogP contribution in [0.1, 0.15) is 40.0 Å². The molecule has 5 nitrogen and oxygen atoms in total. The molecule has 1 aliphatic rings. The van der Waals surface area contributed by atoms with E-state index in [0.29, 0.717) is 25.6 Å². The highest BCUT2D eigenvalue weighted by molar-refractivity contribution is 7.87. The molecule has 1 unspecified atom stereocenters. The van der Waals surface area contributed by atoms with Crippen LogP contribution in [0.25, 0.3) is 0 Å². The lowest BCUT2D eigenvalue weighted by molar-refractivity contribution is 0.257. The van der Waals surface area contributed by atoms with Crippen molar-refractivity contribution < 1.29 is 8.42 Å². The van der Waals surface area contributed by atoms with Gasteiger partial charge in [0.05, 0.1) is 0 Å². The lowest BCUT2D eigenvalue weighted by Crippen LogP contribution is -2.49. The van der Waals surface area contributed by atoms with Gasteiger partial charge in [-0.3, -0.25) is 0 Å². The van der Waals surface area contributed by atoms with Crippen LogP contribution in [0.15, 0.2) is 0 Å². The Hall–Kier alpha value is -0.170. The van der Waals surface area contributed by atoms with E-state index in [1.165, 1.54) is 0 Å². The molecule has 0 spiro atoms. The van der Waals surface area contributed by atoms with Gasteiger partial charge < -0.3 is 5.32 Å². The lowest BCUT2D eigenvalue weighted by atomic mass is 9.91. The average molecular weight is 291 g/mol. The highest BCUT2D eigenvalue weighted by Gasteiger charge is 2.29. The molecule has 0 aromatic heterocycles. The molecule has 19 heavy (non-hydrogen) atoms. The second kappa shape index (κ2) is 7.02. The van der Waals surface area contributed by atoms with E-state index in [0.717, 1.165) is 25.8 Å². The summed E-state index contributed by atoms with van der Waals surface area (Å²) in [6, 6.07) is 0. The van der Waals surface area contributed by atoms with Gasteiger partial charge in [0.15, 0.2) is 0 Å². The number of nitrogens with zero attached hydrogens (tertiary/aromatic N) is 1. The van der Waals surface area contributed by atoms with Gasteiger partial charge in [0.25, 0.3) is 10.2 Å². The van der Waals surface area contributed by atoms with E-state index in [1.54, 1.807) is 4.31 Å². The third-order valence-electron chi connectivity index (χ3n) is 4.00. The highest BCUT2D eigenvalue weighted by atomic mass is 32.2. The second-order valence-corrected chi connectivity index (χ2v) is 8.02. The fourth-order valence-corrected chi connectivity index (χ4v) is 3.74. The normalized spacial score (nSPS) is 22.6. The van der Waals surface area contributed by atoms with Gasteiger partial charge in [0.2, 0.25) is 0 Å². The Morgan fingerprint density at radius 3 is 2.63 bits per heavy atom. The molecular weight excluding hydrogens is 262 g/mol. The quantitative estimate of drug-likeness (QED) is 0.740. The van der Waals surface area contributed by atoms with Crippen molar-refractivity contribution in [3.63, 3.8) is 0 Å². The summed E-state index contributed by atoms with van der Waals surface area (Å²) in [6.07, 6.45) is 3.01. The van der Waals surface area contributed by atoms with Crippen molar-refractivity contribution >= 4 is 10.2 Å². The number of nitrogens with one attached hydrogen (secondary N) is 2. The second-order valence-electron chi connectivity index (χ2n) is 6.27. The summed E-state index contributed by atoms with van der Waals surface area (Å²) in [5, 5.41) is 3.13. The minimum absolute atomic E-state index is 0.00717. The molecular formula is C13H29N3O2S. The summed E-state index contributed by atoms with van der Waals surface area (Å²) in [5.74, 6) is 0.425. The first-order chi connectivity index (χ1) is 8.80. The molecule has 6 heteroatoms. The summed E-state index contributed by atoms with van der Waals surface area (Å²) in [6.45, 7) is 8.89. The minimum atomic E-state index is -3.32. The zero-order valence-electron chi connectivity index (χ0n) is 12.7. The van der Waals surface area contributed by atoms with Crippen molar-refractivity contribution in [1.29, 1.82) is 0 Å². The molecule has 1 atom stereocenters. The highest BCUT2D eigenvalue weighted by Crippen LogP contribution is 2.21. The number of rotatable bonds is 7. The molecule has 1 aliphatic heterocycles. The first kappa shape index (κ1) is 16.9. The Kier molecular flexibility index (Phi) is 6.23. The van der Waals surface area contributed by atoms with Gasteiger partial charge in [-0.15, -0.1) is 0 Å². The number of hydrogen-bond acceptors (Lipinski definition) is 3. The minimum Gasteiger partial charge on any atom is -0.319 e. The monoisotopic (exact) mass is 291 g/mol. The fourth-order valence-electron chi connectivity index (χ4n) is 2.20. The van der Waals surface area contributed by atoms with Gasteiger partial charge in [0.1, 0.15) is 0 Å². The third-order valence-corrected chi connectivity index (χ3v) is 5.53. The van der Waals surface area contributed by atoms with Gasteiger partial charge >= 0.3 is 0 Å². The number of hydrogen-bond donors (Lipinski definition) is 2. The van der Waals surface area contributed by atoms with Crippen LogP contribution >= 0.6 is 0 Å². The molecule has 1 heterocycles. The molecule has 0 amide bonds. The van der Waals surface area contributed by atoms with E-state index in [1.807, 2.05) is 7.05 Å². The van der Waals surface area contributed by atoms with Gasteiger partial charge in [0, 0.05) is 19.6 Å². The van der Waals surface area contributed by atoms with Crippen LogP contribution in [0.4, 0.5) is 0 Å². The van der Waals surface area contributed by atoms with E-state index in [4.69, 9.17) is 0 Å². The number of piperidine rings is 1. The molecule has 1 saturated heterocycles. The van der Waals surface area contributed by atoms with Crippen molar-refractivity contribution in [2.24, 2.45) is 11.3 Å². The molecule has 1 fully saturated rings. The van der Waals surface area contributed by atoms with Crippen molar-refractivity contribution in [3.8, 4) is 0 Å².